The number of likely N-dealkylation sites (N-methyl/N-ethyl adjacent to an activating group) is 1. The maximum Gasteiger partial charge on any atom is 0.419 e. The Hall–Kier alpha value is -2.82. The monoisotopic (exact) mass is 419 g/mol. The van der Waals surface area contributed by atoms with Crippen molar-refractivity contribution in [2.24, 2.45) is 7.05 Å². The van der Waals surface area contributed by atoms with Crippen molar-refractivity contribution in [2.45, 2.75) is 10.9 Å². The maximum absolute atomic E-state index is 12.8. The van der Waals surface area contributed by atoms with Gasteiger partial charge >= 0.3 is 5.76 Å². The minimum Gasteiger partial charge on any atom is -0.454 e. The Balaban J connectivity index is 1.57. The zero-order valence-corrected chi connectivity index (χ0v) is 17.0. The summed E-state index contributed by atoms with van der Waals surface area (Å²) < 4.78 is 45.4. The topological polar surface area (TPSA) is 103 Å². The summed E-state index contributed by atoms with van der Waals surface area (Å²) in [5.74, 6) is 0.768. The summed E-state index contributed by atoms with van der Waals surface area (Å²) in [6, 6.07) is 9.68. The SMILES string of the molecule is CN(C)[C@@H](CNS(=O)(=O)c1ccc2c(c1)oc(=O)n2C)c1ccc2c(c1)OCO2. The number of rotatable bonds is 6. The van der Waals surface area contributed by atoms with E-state index < -0.39 is 15.8 Å². The van der Waals surface area contributed by atoms with E-state index in [2.05, 4.69) is 4.72 Å². The second kappa shape index (κ2) is 7.21. The van der Waals surface area contributed by atoms with E-state index in [9.17, 15) is 13.2 Å². The number of aryl methyl sites for hydroxylation is 1. The lowest BCUT2D eigenvalue weighted by Crippen LogP contribution is -2.34. The summed E-state index contributed by atoms with van der Waals surface area (Å²) in [6.45, 7) is 0.321. The van der Waals surface area contributed by atoms with Gasteiger partial charge in [-0.15, -0.1) is 0 Å². The highest BCUT2D eigenvalue weighted by Gasteiger charge is 2.23. The molecule has 0 saturated heterocycles. The summed E-state index contributed by atoms with van der Waals surface area (Å²) in [5.41, 5.74) is 1.65. The van der Waals surface area contributed by atoms with Crippen molar-refractivity contribution in [2.75, 3.05) is 27.4 Å². The molecule has 10 heteroatoms. The van der Waals surface area contributed by atoms with E-state index in [0.29, 0.717) is 17.0 Å². The first-order chi connectivity index (χ1) is 13.8. The molecule has 2 aromatic carbocycles. The van der Waals surface area contributed by atoms with Gasteiger partial charge in [0.25, 0.3) is 0 Å². The smallest absolute Gasteiger partial charge is 0.419 e. The molecule has 4 rings (SSSR count). The van der Waals surface area contributed by atoms with E-state index in [-0.39, 0.29) is 29.9 Å². The van der Waals surface area contributed by atoms with Gasteiger partial charge in [-0.2, -0.15) is 0 Å². The first-order valence-corrected chi connectivity index (χ1v) is 10.4. The summed E-state index contributed by atoms with van der Waals surface area (Å²) >= 11 is 0. The Morgan fingerprint density at radius 2 is 1.90 bits per heavy atom. The summed E-state index contributed by atoms with van der Waals surface area (Å²) in [5, 5.41) is 0. The third-order valence-electron chi connectivity index (χ3n) is 4.95. The van der Waals surface area contributed by atoms with Gasteiger partial charge in [0.15, 0.2) is 17.1 Å². The number of ether oxygens (including phenoxy) is 2. The van der Waals surface area contributed by atoms with Crippen LogP contribution >= 0.6 is 0 Å². The number of nitrogens with one attached hydrogen (secondary N) is 1. The molecule has 9 nitrogen and oxygen atoms in total. The molecule has 3 aromatic rings. The predicted octanol–water partition coefficient (Wildman–Crippen LogP) is 1.44. The van der Waals surface area contributed by atoms with Crippen molar-refractivity contribution in [1.82, 2.24) is 14.2 Å². The molecule has 0 fully saturated rings. The molecule has 1 aliphatic rings. The zero-order valence-electron chi connectivity index (χ0n) is 16.2. The number of oxazole rings is 1. The number of hydrogen-bond acceptors (Lipinski definition) is 7. The molecular formula is C19H21N3O6S. The summed E-state index contributed by atoms with van der Waals surface area (Å²) in [7, 11) is 1.49. The van der Waals surface area contributed by atoms with Crippen molar-refractivity contribution in [3.8, 4) is 11.5 Å². The molecule has 0 aliphatic carbocycles. The number of benzene rings is 2. The van der Waals surface area contributed by atoms with Gasteiger partial charge in [0, 0.05) is 25.7 Å². The molecule has 0 bridgehead atoms. The first kappa shape index (κ1) is 19.5. The predicted molar refractivity (Wildman–Crippen MR) is 106 cm³/mol. The van der Waals surface area contributed by atoms with Gasteiger partial charge in [-0.3, -0.25) is 4.57 Å². The third-order valence-corrected chi connectivity index (χ3v) is 6.37. The highest BCUT2D eigenvalue weighted by atomic mass is 32.2. The van der Waals surface area contributed by atoms with Crippen molar-refractivity contribution in [3.05, 3.63) is 52.5 Å². The molecule has 0 saturated carbocycles. The maximum atomic E-state index is 12.8. The number of aromatic nitrogens is 1. The molecule has 1 N–H and O–H groups in total. The van der Waals surface area contributed by atoms with Gasteiger partial charge in [-0.25, -0.2) is 17.9 Å². The molecule has 1 aliphatic heterocycles. The van der Waals surface area contributed by atoms with Crippen LogP contribution in [0.5, 0.6) is 11.5 Å². The average Bonchev–Trinajstić information content (AvgIpc) is 3.25. The zero-order chi connectivity index (χ0) is 20.8. The molecule has 1 aromatic heterocycles. The quantitative estimate of drug-likeness (QED) is 0.645. The van der Waals surface area contributed by atoms with Crippen LogP contribution in [-0.4, -0.2) is 45.3 Å². The standard InChI is InChI=1S/C19H21N3O6S/c1-21(2)15(12-4-7-16-18(8-12)27-11-26-16)10-20-29(24,25)13-5-6-14-17(9-13)28-19(23)22(14)3/h4-9,15,20H,10-11H2,1-3H3/t15-/m0/s1. The highest BCUT2D eigenvalue weighted by molar-refractivity contribution is 7.89. The Morgan fingerprint density at radius 1 is 1.14 bits per heavy atom. The minimum atomic E-state index is -3.81. The van der Waals surface area contributed by atoms with Crippen LogP contribution in [-0.2, 0) is 17.1 Å². The summed E-state index contributed by atoms with van der Waals surface area (Å²) in [4.78, 5) is 13.6. The van der Waals surface area contributed by atoms with Crippen LogP contribution in [0.2, 0.25) is 0 Å². The van der Waals surface area contributed by atoms with Gasteiger partial charge in [-0.05, 0) is 43.9 Å². The van der Waals surface area contributed by atoms with Crippen molar-refractivity contribution in [1.29, 1.82) is 0 Å². The third kappa shape index (κ3) is 3.61. The molecule has 0 spiro atoms. The number of nitrogens with zero attached hydrogens (tertiary/aromatic N) is 2. The van der Waals surface area contributed by atoms with E-state index in [1.54, 1.807) is 13.1 Å². The van der Waals surface area contributed by atoms with E-state index in [0.717, 1.165) is 5.56 Å². The number of sulfonamides is 1. The fourth-order valence-corrected chi connectivity index (χ4v) is 4.33. The first-order valence-electron chi connectivity index (χ1n) is 8.91. The van der Waals surface area contributed by atoms with Gasteiger partial charge < -0.3 is 18.8 Å². The minimum absolute atomic E-state index is 0.0301. The molecular weight excluding hydrogens is 398 g/mol. The van der Waals surface area contributed by atoms with Crippen LogP contribution in [0.3, 0.4) is 0 Å². The lowest BCUT2D eigenvalue weighted by atomic mass is 10.1. The normalized spacial score (nSPS) is 14.6. The van der Waals surface area contributed by atoms with Crippen LogP contribution in [0, 0.1) is 0 Å². The van der Waals surface area contributed by atoms with E-state index in [1.165, 1.54) is 16.7 Å². The Morgan fingerprint density at radius 3 is 2.66 bits per heavy atom. The molecule has 0 unspecified atom stereocenters. The average molecular weight is 419 g/mol. The lowest BCUT2D eigenvalue weighted by Gasteiger charge is -2.25. The molecule has 1 atom stereocenters. The molecule has 2 heterocycles. The van der Waals surface area contributed by atoms with Crippen LogP contribution in [0.25, 0.3) is 11.1 Å². The van der Waals surface area contributed by atoms with Crippen LogP contribution in [0.1, 0.15) is 11.6 Å². The fraction of sp³-hybridized carbons (Fsp3) is 0.316. The van der Waals surface area contributed by atoms with E-state index in [1.807, 2.05) is 37.2 Å². The van der Waals surface area contributed by atoms with E-state index >= 15 is 0 Å². The highest BCUT2D eigenvalue weighted by Crippen LogP contribution is 2.35. The Bertz CT molecular complexity index is 1230. The van der Waals surface area contributed by atoms with Crippen LogP contribution < -0.4 is 20.0 Å². The van der Waals surface area contributed by atoms with Crippen molar-refractivity contribution >= 4 is 21.1 Å². The largest absolute Gasteiger partial charge is 0.454 e. The molecule has 154 valence electrons. The Kier molecular flexibility index (Phi) is 4.85. The van der Waals surface area contributed by atoms with Gasteiger partial charge in [0.1, 0.15) is 0 Å². The Labute approximate surface area is 167 Å². The fourth-order valence-electron chi connectivity index (χ4n) is 3.27. The van der Waals surface area contributed by atoms with Crippen LogP contribution in [0.4, 0.5) is 0 Å². The van der Waals surface area contributed by atoms with Crippen molar-refractivity contribution < 1.29 is 22.3 Å². The van der Waals surface area contributed by atoms with Gasteiger partial charge in [-0.1, -0.05) is 6.07 Å². The van der Waals surface area contributed by atoms with Crippen LogP contribution in [0.15, 0.2) is 50.5 Å². The molecule has 29 heavy (non-hydrogen) atoms. The molecule has 0 amide bonds. The lowest BCUT2D eigenvalue weighted by molar-refractivity contribution is 0.174. The van der Waals surface area contributed by atoms with Crippen molar-refractivity contribution in [3.63, 3.8) is 0 Å². The number of fused-ring (bicyclic) bond motifs is 2. The second-order valence-electron chi connectivity index (χ2n) is 7.00. The number of hydrogen-bond donors (Lipinski definition) is 1. The summed E-state index contributed by atoms with van der Waals surface area (Å²) in [6.07, 6.45) is 0. The second-order valence-corrected chi connectivity index (χ2v) is 8.77. The van der Waals surface area contributed by atoms with E-state index in [4.69, 9.17) is 13.9 Å². The van der Waals surface area contributed by atoms with Gasteiger partial charge in [0.05, 0.1) is 10.4 Å². The van der Waals surface area contributed by atoms with Gasteiger partial charge in [0.2, 0.25) is 16.8 Å². The molecule has 0 radical (unpaired) electrons.